The number of carbonyl (C=O) groups is 2. The lowest BCUT2D eigenvalue weighted by Gasteiger charge is -2.15. The molecule has 1 saturated heterocycles. The third-order valence-electron chi connectivity index (χ3n) is 2.45. The predicted molar refractivity (Wildman–Crippen MR) is 48.6 cm³/mol. The van der Waals surface area contributed by atoms with E-state index in [-0.39, 0.29) is 31.3 Å². The van der Waals surface area contributed by atoms with Crippen molar-refractivity contribution in [2.75, 3.05) is 19.7 Å². The highest BCUT2D eigenvalue weighted by Gasteiger charge is 2.25. The first kappa shape index (κ1) is 11.0. The van der Waals surface area contributed by atoms with Crippen LogP contribution in [-0.4, -0.2) is 46.7 Å². The number of rotatable bonds is 4. The zero-order valence-electron chi connectivity index (χ0n) is 7.98. The summed E-state index contributed by atoms with van der Waals surface area (Å²) in [7, 11) is 0. The Morgan fingerprint density at radius 3 is 2.57 bits per heavy atom. The Morgan fingerprint density at radius 1 is 1.36 bits per heavy atom. The van der Waals surface area contributed by atoms with Crippen LogP contribution in [0.4, 0.5) is 0 Å². The molecule has 0 aliphatic carbocycles. The highest BCUT2D eigenvalue weighted by molar-refractivity contribution is 5.80. The van der Waals surface area contributed by atoms with Crippen LogP contribution in [0.5, 0.6) is 0 Å². The van der Waals surface area contributed by atoms with E-state index in [2.05, 4.69) is 0 Å². The lowest BCUT2D eigenvalue weighted by atomic mass is 10.1. The summed E-state index contributed by atoms with van der Waals surface area (Å²) in [4.78, 5) is 23.2. The SMILES string of the molecule is O=C(O)CCC(=O)N1CC[C@@H](CO)C1. The summed E-state index contributed by atoms with van der Waals surface area (Å²) in [5.74, 6) is -0.900. The standard InChI is InChI=1S/C9H15NO4/c11-6-7-3-4-10(5-7)8(12)1-2-9(13)14/h7,11H,1-6H2,(H,13,14)/t7-/m1/s1. The number of aliphatic carboxylic acids is 1. The van der Waals surface area contributed by atoms with Gasteiger partial charge in [-0.2, -0.15) is 0 Å². The zero-order chi connectivity index (χ0) is 10.6. The summed E-state index contributed by atoms with van der Waals surface area (Å²) >= 11 is 0. The maximum absolute atomic E-state index is 11.4. The van der Waals surface area contributed by atoms with Gasteiger partial charge in [0.2, 0.25) is 5.91 Å². The number of likely N-dealkylation sites (tertiary alicyclic amines) is 1. The van der Waals surface area contributed by atoms with Crippen LogP contribution in [0.2, 0.25) is 0 Å². The van der Waals surface area contributed by atoms with Gasteiger partial charge in [-0.1, -0.05) is 0 Å². The molecule has 14 heavy (non-hydrogen) atoms. The molecular formula is C9H15NO4. The van der Waals surface area contributed by atoms with Gasteiger partial charge in [-0.05, 0) is 6.42 Å². The van der Waals surface area contributed by atoms with Crippen LogP contribution < -0.4 is 0 Å². The minimum atomic E-state index is -0.948. The average Bonchev–Trinajstić information content (AvgIpc) is 2.62. The summed E-state index contributed by atoms with van der Waals surface area (Å²) in [5, 5.41) is 17.2. The Hall–Kier alpha value is -1.10. The molecule has 0 bridgehead atoms. The molecule has 1 aliphatic rings. The molecular weight excluding hydrogens is 186 g/mol. The fraction of sp³-hybridized carbons (Fsp3) is 0.778. The van der Waals surface area contributed by atoms with Crippen LogP contribution in [0.1, 0.15) is 19.3 Å². The summed E-state index contributed by atoms with van der Waals surface area (Å²) in [6, 6.07) is 0. The molecule has 1 aliphatic heterocycles. The number of aliphatic hydroxyl groups excluding tert-OH is 1. The number of aliphatic hydroxyl groups is 1. The van der Waals surface area contributed by atoms with E-state index in [9.17, 15) is 9.59 Å². The minimum Gasteiger partial charge on any atom is -0.481 e. The molecule has 5 heteroatoms. The minimum absolute atomic E-state index is 0.0630. The molecule has 1 fully saturated rings. The van der Waals surface area contributed by atoms with E-state index in [1.54, 1.807) is 4.90 Å². The Kier molecular flexibility index (Phi) is 3.88. The number of amides is 1. The molecule has 0 saturated carbocycles. The molecule has 1 heterocycles. The molecule has 0 aromatic rings. The second-order valence-corrected chi connectivity index (χ2v) is 3.57. The third-order valence-corrected chi connectivity index (χ3v) is 2.45. The number of hydrogen-bond donors (Lipinski definition) is 2. The number of carboxylic acid groups (broad SMARTS) is 1. The first-order valence-corrected chi connectivity index (χ1v) is 4.74. The zero-order valence-corrected chi connectivity index (χ0v) is 7.98. The fourth-order valence-corrected chi connectivity index (χ4v) is 1.58. The van der Waals surface area contributed by atoms with Gasteiger partial charge in [0.25, 0.3) is 0 Å². The van der Waals surface area contributed by atoms with Crippen LogP contribution in [0.3, 0.4) is 0 Å². The summed E-state index contributed by atoms with van der Waals surface area (Å²) in [5.41, 5.74) is 0. The predicted octanol–water partition coefficient (Wildman–Crippen LogP) is -0.308. The highest BCUT2D eigenvalue weighted by Crippen LogP contribution is 2.16. The normalized spacial score (nSPS) is 21.2. The van der Waals surface area contributed by atoms with E-state index in [0.29, 0.717) is 13.1 Å². The van der Waals surface area contributed by atoms with Gasteiger partial charge in [-0.3, -0.25) is 9.59 Å². The number of carbonyl (C=O) groups excluding carboxylic acids is 1. The Labute approximate surface area is 82.3 Å². The third kappa shape index (κ3) is 2.99. The molecule has 2 N–H and O–H groups in total. The molecule has 0 unspecified atom stereocenters. The van der Waals surface area contributed by atoms with Crippen molar-refractivity contribution in [3.63, 3.8) is 0 Å². The molecule has 80 valence electrons. The Balaban J connectivity index is 2.28. The van der Waals surface area contributed by atoms with Gasteiger partial charge in [-0.15, -0.1) is 0 Å². The second-order valence-electron chi connectivity index (χ2n) is 3.57. The molecule has 5 nitrogen and oxygen atoms in total. The maximum atomic E-state index is 11.4. The van der Waals surface area contributed by atoms with Gasteiger partial charge >= 0.3 is 5.97 Å². The molecule has 0 radical (unpaired) electrons. The summed E-state index contributed by atoms with van der Waals surface area (Å²) < 4.78 is 0. The van der Waals surface area contributed by atoms with Crippen molar-refractivity contribution < 1.29 is 19.8 Å². The van der Waals surface area contributed by atoms with Gasteiger partial charge in [-0.25, -0.2) is 0 Å². The van der Waals surface area contributed by atoms with Crippen molar-refractivity contribution in [1.29, 1.82) is 0 Å². The topological polar surface area (TPSA) is 77.8 Å². The van der Waals surface area contributed by atoms with Gasteiger partial charge in [0.1, 0.15) is 0 Å². The second kappa shape index (κ2) is 4.95. The van der Waals surface area contributed by atoms with Crippen molar-refractivity contribution >= 4 is 11.9 Å². The lowest BCUT2D eigenvalue weighted by Crippen LogP contribution is -2.29. The number of carboxylic acids is 1. The fourth-order valence-electron chi connectivity index (χ4n) is 1.58. The van der Waals surface area contributed by atoms with Crippen molar-refractivity contribution in [2.24, 2.45) is 5.92 Å². The van der Waals surface area contributed by atoms with Crippen LogP contribution in [0, 0.1) is 5.92 Å². The van der Waals surface area contributed by atoms with Gasteiger partial charge in [0, 0.05) is 32.0 Å². The van der Waals surface area contributed by atoms with E-state index < -0.39 is 5.97 Å². The summed E-state index contributed by atoms with van der Waals surface area (Å²) in [6.07, 6.45) is 0.766. The van der Waals surface area contributed by atoms with Crippen molar-refractivity contribution in [1.82, 2.24) is 4.90 Å². The molecule has 0 aromatic heterocycles. The molecule has 0 aromatic carbocycles. The molecule has 1 rings (SSSR count). The average molecular weight is 201 g/mol. The van der Waals surface area contributed by atoms with Crippen LogP contribution in [0.25, 0.3) is 0 Å². The molecule has 1 amide bonds. The van der Waals surface area contributed by atoms with E-state index in [1.165, 1.54) is 0 Å². The van der Waals surface area contributed by atoms with Crippen molar-refractivity contribution in [2.45, 2.75) is 19.3 Å². The van der Waals surface area contributed by atoms with Gasteiger partial charge in [0.05, 0.1) is 6.42 Å². The van der Waals surface area contributed by atoms with Crippen molar-refractivity contribution in [3.05, 3.63) is 0 Å². The van der Waals surface area contributed by atoms with Crippen LogP contribution in [0.15, 0.2) is 0 Å². The Bertz CT molecular complexity index is 229. The molecule has 0 spiro atoms. The van der Waals surface area contributed by atoms with E-state index in [4.69, 9.17) is 10.2 Å². The number of hydrogen-bond acceptors (Lipinski definition) is 3. The van der Waals surface area contributed by atoms with E-state index in [1.807, 2.05) is 0 Å². The largest absolute Gasteiger partial charge is 0.481 e. The van der Waals surface area contributed by atoms with Gasteiger partial charge < -0.3 is 15.1 Å². The maximum Gasteiger partial charge on any atom is 0.303 e. The van der Waals surface area contributed by atoms with E-state index >= 15 is 0 Å². The lowest BCUT2D eigenvalue weighted by molar-refractivity contribution is -0.140. The smallest absolute Gasteiger partial charge is 0.303 e. The monoisotopic (exact) mass is 201 g/mol. The van der Waals surface area contributed by atoms with Crippen LogP contribution in [-0.2, 0) is 9.59 Å². The first-order chi connectivity index (χ1) is 6.63. The van der Waals surface area contributed by atoms with E-state index in [0.717, 1.165) is 6.42 Å². The van der Waals surface area contributed by atoms with Gasteiger partial charge in [0.15, 0.2) is 0 Å². The summed E-state index contributed by atoms with van der Waals surface area (Å²) in [6.45, 7) is 1.31. The Morgan fingerprint density at radius 2 is 2.07 bits per heavy atom. The number of nitrogens with zero attached hydrogens (tertiary/aromatic N) is 1. The van der Waals surface area contributed by atoms with Crippen molar-refractivity contribution in [3.8, 4) is 0 Å². The quantitative estimate of drug-likeness (QED) is 0.654. The molecule has 1 atom stereocenters. The highest BCUT2D eigenvalue weighted by atomic mass is 16.4. The van der Waals surface area contributed by atoms with Crippen LogP contribution >= 0.6 is 0 Å². The first-order valence-electron chi connectivity index (χ1n) is 4.74.